The zero-order chi connectivity index (χ0) is 13.1. The normalized spacial score (nSPS) is 23.3. The number of aliphatic hydroxyl groups excluding tert-OH is 1. The highest BCUT2D eigenvalue weighted by atomic mass is 16.4. The molecule has 1 amide bonds. The van der Waals surface area contributed by atoms with Crippen LogP contribution in [0.1, 0.15) is 12.8 Å². The van der Waals surface area contributed by atoms with Crippen molar-refractivity contribution in [2.24, 2.45) is 0 Å². The molecular weight excluding hydrogens is 240 g/mol. The molecule has 0 aliphatic carbocycles. The summed E-state index contributed by atoms with van der Waals surface area (Å²) in [6.45, 7) is 0.422. The molecule has 2 atom stereocenters. The minimum Gasteiger partial charge on any atom is -0.480 e. The first kappa shape index (κ1) is 12.5. The van der Waals surface area contributed by atoms with Crippen LogP contribution in [0, 0.1) is 0 Å². The average molecular weight is 254 g/mol. The Kier molecular flexibility index (Phi) is 3.56. The molecule has 0 radical (unpaired) electrons. The second kappa shape index (κ2) is 5.13. The van der Waals surface area contributed by atoms with Crippen LogP contribution in [0.15, 0.2) is 12.4 Å². The molecule has 18 heavy (non-hydrogen) atoms. The Labute approximate surface area is 103 Å². The zero-order valence-corrected chi connectivity index (χ0v) is 9.64. The molecule has 1 fully saturated rings. The van der Waals surface area contributed by atoms with Gasteiger partial charge in [0.15, 0.2) is 0 Å². The number of aryl methyl sites for hydroxylation is 1. The third kappa shape index (κ3) is 2.65. The first-order chi connectivity index (χ1) is 8.58. The van der Waals surface area contributed by atoms with Crippen LogP contribution in [-0.4, -0.2) is 60.7 Å². The number of rotatable bonds is 4. The maximum absolute atomic E-state index is 11.9. The molecule has 2 heterocycles. The van der Waals surface area contributed by atoms with Crippen LogP contribution < -0.4 is 0 Å². The Hall–Kier alpha value is -1.96. The Morgan fingerprint density at radius 3 is 2.83 bits per heavy atom. The number of hydrogen-bond acceptors (Lipinski definition) is 5. The van der Waals surface area contributed by atoms with Crippen molar-refractivity contribution in [2.75, 3.05) is 6.54 Å². The molecule has 2 N–H and O–H groups in total. The van der Waals surface area contributed by atoms with Crippen LogP contribution in [-0.2, 0) is 16.1 Å². The molecule has 0 saturated carbocycles. The van der Waals surface area contributed by atoms with Crippen molar-refractivity contribution in [1.82, 2.24) is 19.9 Å². The molecule has 1 aliphatic heterocycles. The highest BCUT2D eigenvalue weighted by Crippen LogP contribution is 2.19. The predicted molar refractivity (Wildman–Crippen MR) is 58.4 cm³/mol. The first-order valence-corrected chi connectivity index (χ1v) is 5.62. The summed E-state index contributed by atoms with van der Waals surface area (Å²) in [5, 5.41) is 25.7. The summed E-state index contributed by atoms with van der Waals surface area (Å²) in [6, 6.07) is -0.928. The number of carboxylic acids is 1. The third-order valence-corrected chi connectivity index (χ3v) is 2.91. The fourth-order valence-corrected chi connectivity index (χ4v) is 2.03. The number of carbonyl (C=O) groups excluding carboxylic acids is 1. The van der Waals surface area contributed by atoms with E-state index in [9.17, 15) is 14.7 Å². The van der Waals surface area contributed by atoms with Crippen LogP contribution >= 0.6 is 0 Å². The number of likely N-dealkylation sites (tertiary alicyclic amines) is 1. The number of β-amino-alcohol motifs (C(OH)–C–C–N with tert-alkyl or cyclic N) is 1. The highest BCUT2D eigenvalue weighted by Gasteiger charge is 2.38. The van der Waals surface area contributed by atoms with Crippen LogP contribution in [0.5, 0.6) is 0 Å². The van der Waals surface area contributed by atoms with Gasteiger partial charge in [-0.05, 0) is 0 Å². The Bertz CT molecular complexity index is 433. The van der Waals surface area contributed by atoms with Gasteiger partial charge in [-0.3, -0.25) is 9.48 Å². The molecule has 0 aromatic carbocycles. The molecular formula is C10H14N4O4. The quantitative estimate of drug-likeness (QED) is 0.692. The van der Waals surface area contributed by atoms with Gasteiger partial charge in [-0.15, -0.1) is 5.10 Å². The molecule has 8 nitrogen and oxygen atoms in total. The highest BCUT2D eigenvalue weighted by molar-refractivity contribution is 5.84. The standard InChI is InChI=1S/C10H14N4O4/c15-7-5-8(10(17)18)14(6-7)9(16)1-3-13-4-2-11-12-13/h2,4,7-8,15H,1,3,5-6H2,(H,17,18)/t7-,8+/m1/s1. The fraction of sp³-hybridized carbons (Fsp3) is 0.600. The van der Waals surface area contributed by atoms with E-state index < -0.39 is 18.1 Å². The van der Waals surface area contributed by atoms with E-state index in [0.29, 0.717) is 6.54 Å². The lowest BCUT2D eigenvalue weighted by molar-refractivity contribution is -0.148. The van der Waals surface area contributed by atoms with E-state index in [1.165, 1.54) is 15.8 Å². The van der Waals surface area contributed by atoms with Gasteiger partial charge in [0.05, 0.1) is 18.8 Å². The van der Waals surface area contributed by atoms with E-state index in [-0.39, 0.29) is 25.3 Å². The number of aliphatic hydroxyl groups is 1. The Morgan fingerprint density at radius 1 is 1.44 bits per heavy atom. The summed E-state index contributed by atoms with van der Waals surface area (Å²) < 4.78 is 1.50. The molecule has 1 saturated heterocycles. The average Bonchev–Trinajstić information content (AvgIpc) is 2.94. The second-order valence-corrected chi connectivity index (χ2v) is 4.21. The van der Waals surface area contributed by atoms with Gasteiger partial charge < -0.3 is 15.1 Å². The third-order valence-electron chi connectivity index (χ3n) is 2.91. The topological polar surface area (TPSA) is 109 Å². The van der Waals surface area contributed by atoms with Crippen LogP contribution in [0.3, 0.4) is 0 Å². The van der Waals surface area contributed by atoms with Crippen molar-refractivity contribution in [3.05, 3.63) is 12.4 Å². The smallest absolute Gasteiger partial charge is 0.326 e. The Morgan fingerprint density at radius 2 is 2.22 bits per heavy atom. The van der Waals surface area contributed by atoms with Crippen molar-refractivity contribution in [3.8, 4) is 0 Å². The van der Waals surface area contributed by atoms with Gasteiger partial charge in [0, 0.05) is 25.6 Å². The molecule has 98 valence electrons. The summed E-state index contributed by atoms with van der Waals surface area (Å²) >= 11 is 0. The zero-order valence-electron chi connectivity index (χ0n) is 9.64. The van der Waals surface area contributed by atoms with Crippen molar-refractivity contribution in [2.45, 2.75) is 31.5 Å². The summed E-state index contributed by atoms with van der Waals surface area (Å²) in [7, 11) is 0. The number of aromatic nitrogens is 3. The minimum atomic E-state index is -1.08. The predicted octanol–water partition coefficient (Wildman–Crippen LogP) is -1.29. The van der Waals surface area contributed by atoms with Gasteiger partial charge in [-0.25, -0.2) is 4.79 Å². The van der Waals surface area contributed by atoms with E-state index in [2.05, 4.69) is 10.3 Å². The minimum absolute atomic E-state index is 0.0765. The Balaban J connectivity index is 1.93. The van der Waals surface area contributed by atoms with E-state index >= 15 is 0 Å². The van der Waals surface area contributed by atoms with Crippen molar-refractivity contribution < 1.29 is 19.8 Å². The summed E-state index contributed by atoms with van der Waals surface area (Å²) in [6.07, 6.45) is 2.59. The number of hydrogen-bond donors (Lipinski definition) is 2. The lowest BCUT2D eigenvalue weighted by Crippen LogP contribution is -2.40. The van der Waals surface area contributed by atoms with E-state index in [0.717, 1.165) is 0 Å². The van der Waals surface area contributed by atoms with E-state index in [4.69, 9.17) is 5.11 Å². The molecule has 1 aliphatic rings. The number of aliphatic carboxylic acids is 1. The largest absolute Gasteiger partial charge is 0.480 e. The summed E-state index contributed by atoms with van der Waals surface area (Å²) in [5.74, 6) is -1.38. The van der Waals surface area contributed by atoms with Crippen molar-refractivity contribution >= 4 is 11.9 Å². The lowest BCUT2D eigenvalue weighted by atomic mass is 10.2. The maximum atomic E-state index is 11.9. The molecule has 0 spiro atoms. The molecule has 1 aromatic rings. The first-order valence-electron chi connectivity index (χ1n) is 5.62. The number of nitrogens with zero attached hydrogens (tertiary/aromatic N) is 4. The van der Waals surface area contributed by atoms with Crippen molar-refractivity contribution in [3.63, 3.8) is 0 Å². The molecule has 2 rings (SSSR count). The van der Waals surface area contributed by atoms with Crippen LogP contribution in [0.25, 0.3) is 0 Å². The van der Waals surface area contributed by atoms with Gasteiger partial charge in [0.2, 0.25) is 5.91 Å². The molecule has 8 heteroatoms. The second-order valence-electron chi connectivity index (χ2n) is 4.21. The van der Waals surface area contributed by atoms with Gasteiger partial charge in [-0.2, -0.15) is 0 Å². The monoisotopic (exact) mass is 254 g/mol. The van der Waals surface area contributed by atoms with Crippen molar-refractivity contribution in [1.29, 1.82) is 0 Å². The van der Waals surface area contributed by atoms with E-state index in [1.54, 1.807) is 6.20 Å². The van der Waals surface area contributed by atoms with Gasteiger partial charge in [0.1, 0.15) is 6.04 Å². The number of amides is 1. The number of carboxylic acid groups (broad SMARTS) is 1. The lowest BCUT2D eigenvalue weighted by Gasteiger charge is -2.20. The van der Waals surface area contributed by atoms with Gasteiger partial charge >= 0.3 is 5.97 Å². The molecule has 1 aromatic heterocycles. The molecule has 0 unspecified atom stereocenters. The van der Waals surface area contributed by atoms with E-state index in [1.807, 2.05) is 0 Å². The van der Waals surface area contributed by atoms with Gasteiger partial charge in [0.25, 0.3) is 0 Å². The van der Waals surface area contributed by atoms with Crippen LogP contribution in [0.4, 0.5) is 0 Å². The maximum Gasteiger partial charge on any atom is 0.326 e. The summed E-state index contributed by atoms with van der Waals surface area (Å²) in [5.41, 5.74) is 0. The van der Waals surface area contributed by atoms with Crippen LogP contribution in [0.2, 0.25) is 0 Å². The SMILES string of the molecule is O=C(O)[C@@H]1C[C@@H](O)CN1C(=O)CCn1ccnn1. The van der Waals surface area contributed by atoms with Gasteiger partial charge in [-0.1, -0.05) is 5.21 Å². The summed E-state index contributed by atoms with van der Waals surface area (Å²) in [4.78, 5) is 24.1. The fourth-order valence-electron chi connectivity index (χ4n) is 2.03. The number of carbonyl (C=O) groups is 2. The molecule has 0 bridgehead atoms.